The highest BCUT2D eigenvalue weighted by Gasteiger charge is 2.24. The van der Waals surface area contributed by atoms with Crippen LogP contribution in [0.2, 0.25) is 0 Å². The van der Waals surface area contributed by atoms with Gasteiger partial charge in [0.1, 0.15) is 11.3 Å². The molecule has 0 fully saturated rings. The van der Waals surface area contributed by atoms with Crippen molar-refractivity contribution in [1.29, 1.82) is 0 Å². The molecule has 6 heteroatoms. The van der Waals surface area contributed by atoms with Gasteiger partial charge in [0.25, 0.3) is 5.91 Å². The molecule has 0 bridgehead atoms. The highest BCUT2D eigenvalue weighted by atomic mass is 16.6. The number of ether oxygens (including phenoxy) is 2. The number of esters is 1. The fraction of sp³-hybridized carbons (Fsp3) is 0.273. The van der Waals surface area contributed by atoms with Crippen LogP contribution in [0.15, 0.2) is 52.9 Å². The summed E-state index contributed by atoms with van der Waals surface area (Å²) in [5.74, 6) is -0.257. The number of nitrogens with one attached hydrogen (secondary N) is 1. The standard InChI is InChI=1S/C22H23NO5/c1-14-18-13-17(26-3)9-10-19(18)28-20(14)22(25)27-15(2)21(24)23-12-11-16-7-5-4-6-8-16/h4-10,13,15H,11-12H2,1-3H3,(H,23,24)/t15-/m0/s1. The summed E-state index contributed by atoms with van der Waals surface area (Å²) >= 11 is 0. The van der Waals surface area contributed by atoms with E-state index in [9.17, 15) is 9.59 Å². The molecular formula is C22H23NO5. The number of rotatable bonds is 7. The highest BCUT2D eigenvalue weighted by Crippen LogP contribution is 2.29. The molecule has 0 saturated carbocycles. The molecule has 2 aromatic carbocycles. The second-order valence-corrected chi connectivity index (χ2v) is 6.49. The first-order chi connectivity index (χ1) is 13.5. The van der Waals surface area contributed by atoms with Crippen LogP contribution < -0.4 is 10.1 Å². The van der Waals surface area contributed by atoms with Crippen molar-refractivity contribution in [3.05, 3.63) is 65.4 Å². The molecule has 0 aliphatic heterocycles. The Morgan fingerprint density at radius 3 is 2.61 bits per heavy atom. The van der Waals surface area contributed by atoms with E-state index in [1.165, 1.54) is 6.92 Å². The van der Waals surface area contributed by atoms with E-state index >= 15 is 0 Å². The smallest absolute Gasteiger partial charge is 0.375 e. The molecule has 0 unspecified atom stereocenters. The molecule has 0 radical (unpaired) electrons. The van der Waals surface area contributed by atoms with Gasteiger partial charge < -0.3 is 19.2 Å². The molecule has 146 valence electrons. The van der Waals surface area contributed by atoms with E-state index in [4.69, 9.17) is 13.9 Å². The molecule has 0 aliphatic rings. The summed E-state index contributed by atoms with van der Waals surface area (Å²) in [4.78, 5) is 24.7. The quantitative estimate of drug-likeness (QED) is 0.632. The van der Waals surface area contributed by atoms with Gasteiger partial charge in [0, 0.05) is 17.5 Å². The minimum Gasteiger partial charge on any atom is -0.497 e. The minimum atomic E-state index is -0.926. The molecule has 6 nitrogen and oxygen atoms in total. The van der Waals surface area contributed by atoms with E-state index in [1.54, 1.807) is 32.2 Å². The van der Waals surface area contributed by atoms with Crippen molar-refractivity contribution in [2.45, 2.75) is 26.4 Å². The van der Waals surface area contributed by atoms with Crippen molar-refractivity contribution in [2.75, 3.05) is 13.7 Å². The SMILES string of the molecule is COc1ccc2oc(C(=O)O[C@@H](C)C(=O)NCCc3ccccc3)c(C)c2c1. The van der Waals surface area contributed by atoms with E-state index in [1.807, 2.05) is 30.3 Å². The van der Waals surface area contributed by atoms with E-state index < -0.39 is 12.1 Å². The maximum absolute atomic E-state index is 12.5. The summed E-state index contributed by atoms with van der Waals surface area (Å²) in [5, 5.41) is 3.55. The lowest BCUT2D eigenvalue weighted by Gasteiger charge is -2.13. The fourth-order valence-corrected chi connectivity index (χ4v) is 2.91. The molecular weight excluding hydrogens is 358 g/mol. The number of methoxy groups -OCH3 is 1. The summed E-state index contributed by atoms with van der Waals surface area (Å²) in [6, 6.07) is 15.1. The lowest BCUT2D eigenvalue weighted by Crippen LogP contribution is -2.36. The van der Waals surface area contributed by atoms with Gasteiger partial charge in [-0.1, -0.05) is 30.3 Å². The largest absolute Gasteiger partial charge is 0.497 e. The zero-order valence-corrected chi connectivity index (χ0v) is 16.2. The first-order valence-corrected chi connectivity index (χ1v) is 9.09. The van der Waals surface area contributed by atoms with E-state index in [0.717, 1.165) is 10.9 Å². The van der Waals surface area contributed by atoms with E-state index in [0.29, 0.717) is 29.9 Å². The van der Waals surface area contributed by atoms with Crippen molar-refractivity contribution < 1.29 is 23.5 Å². The Kier molecular flexibility index (Phi) is 5.99. The second kappa shape index (κ2) is 8.61. The molecule has 1 amide bonds. The maximum atomic E-state index is 12.5. The van der Waals surface area contributed by atoms with Crippen molar-refractivity contribution in [1.82, 2.24) is 5.32 Å². The predicted octanol–water partition coefficient (Wildman–Crippen LogP) is 3.65. The molecule has 0 saturated heterocycles. The number of amides is 1. The molecule has 1 heterocycles. The van der Waals surface area contributed by atoms with Crippen LogP contribution in [0.25, 0.3) is 11.0 Å². The van der Waals surface area contributed by atoms with Crippen LogP contribution in [0.5, 0.6) is 5.75 Å². The van der Waals surface area contributed by atoms with Gasteiger partial charge in [-0.25, -0.2) is 4.79 Å². The average molecular weight is 381 g/mol. The zero-order chi connectivity index (χ0) is 20.1. The third-order valence-electron chi connectivity index (χ3n) is 4.54. The molecule has 1 aromatic heterocycles. The number of furan rings is 1. The maximum Gasteiger partial charge on any atom is 0.375 e. The summed E-state index contributed by atoms with van der Waals surface area (Å²) in [6.45, 7) is 3.78. The Labute approximate surface area is 163 Å². The van der Waals surface area contributed by atoms with Crippen LogP contribution >= 0.6 is 0 Å². The molecule has 1 atom stereocenters. The Balaban J connectivity index is 1.59. The fourth-order valence-electron chi connectivity index (χ4n) is 2.91. The molecule has 28 heavy (non-hydrogen) atoms. The number of hydrogen-bond donors (Lipinski definition) is 1. The first-order valence-electron chi connectivity index (χ1n) is 9.09. The van der Waals surface area contributed by atoms with Crippen LogP contribution in [-0.2, 0) is 16.0 Å². The predicted molar refractivity (Wildman–Crippen MR) is 106 cm³/mol. The van der Waals surface area contributed by atoms with Gasteiger partial charge in [0.2, 0.25) is 5.76 Å². The van der Waals surface area contributed by atoms with Crippen LogP contribution in [-0.4, -0.2) is 31.6 Å². The van der Waals surface area contributed by atoms with Crippen LogP contribution in [0.3, 0.4) is 0 Å². The van der Waals surface area contributed by atoms with Gasteiger partial charge in [0.15, 0.2) is 6.10 Å². The van der Waals surface area contributed by atoms with Gasteiger partial charge in [-0.05, 0) is 44.0 Å². The zero-order valence-electron chi connectivity index (χ0n) is 16.2. The Bertz CT molecular complexity index is 977. The lowest BCUT2D eigenvalue weighted by atomic mass is 10.1. The first kappa shape index (κ1) is 19.5. The van der Waals surface area contributed by atoms with E-state index in [2.05, 4.69) is 5.32 Å². The molecule has 3 rings (SSSR count). The third-order valence-corrected chi connectivity index (χ3v) is 4.54. The lowest BCUT2D eigenvalue weighted by molar-refractivity contribution is -0.129. The average Bonchev–Trinajstić information content (AvgIpc) is 3.04. The van der Waals surface area contributed by atoms with Gasteiger partial charge in [0.05, 0.1) is 7.11 Å². The molecule has 1 N–H and O–H groups in total. The van der Waals surface area contributed by atoms with Gasteiger partial charge >= 0.3 is 5.97 Å². The number of hydrogen-bond acceptors (Lipinski definition) is 5. The highest BCUT2D eigenvalue weighted by molar-refractivity contribution is 5.97. The topological polar surface area (TPSA) is 77.8 Å². The Morgan fingerprint density at radius 2 is 1.89 bits per heavy atom. The Hall–Kier alpha value is -3.28. The van der Waals surface area contributed by atoms with Crippen LogP contribution in [0.4, 0.5) is 0 Å². The summed E-state index contributed by atoms with van der Waals surface area (Å²) < 4.78 is 16.1. The number of benzene rings is 2. The monoisotopic (exact) mass is 381 g/mol. The van der Waals surface area contributed by atoms with E-state index in [-0.39, 0.29) is 11.7 Å². The summed E-state index contributed by atoms with van der Waals surface area (Å²) in [6.07, 6.45) is -0.219. The number of aryl methyl sites for hydroxylation is 1. The normalized spacial score (nSPS) is 11.8. The number of carbonyl (C=O) groups excluding carboxylic acids is 2. The molecule has 0 aliphatic carbocycles. The van der Waals surface area contributed by atoms with Crippen LogP contribution in [0, 0.1) is 6.92 Å². The molecule has 0 spiro atoms. The van der Waals surface area contributed by atoms with Crippen molar-refractivity contribution in [2.24, 2.45) is 0 Å². The second-order valence-electron chi connectivity index (χ2n) is 6.49. The Morgan fingerprint density at radius 1 is 1.14 bits per heavy atom. The van der Waals surface area contributed by atoms with Gasteiger partial charge in [-0.2, -0.15) is 0 Å². The molecule has 3 aromatic rings. The summed E-state index contributed by atoms with van der Waals surface area (Å²) in [7, 11) is 1.57. The third kappa shape index (κ3) is 4.34. The van der Waals surface area contributed by atoms with Crippen molar-refractivity contribution in [3.8, 4) is 5.75 Å². The van der Waals surface area contributed by atoms with Crippen molar-refractivity contribution >= 4 is 22.8 Å². The van der Waals surface area contributed by atoms with Crippen molar-refractivity contribution in [3.63, 3.8) is 0 Å². The van der Waals surface area contributed by atoms with Gasteiger partial charge in [-0.15, -0.1) is 0 Å². The van der Waals surface area contributed by atoms with Gasteiger partial charge in [-0.3, -0.25) is 4.79 Å². The number of fused-ring (bicyclic) bond motifs is 1. The minimum absolute atomic E-state index is 0.0900. The number of carbonyl (C=O) groups is 2. The van der Waals surface area contributed by atoms with Crippen LogP contribution in [0.1, 0.15) is 28.6 Å². The summed E-state index contributed by atoms with van der Waals surface area (Å²) in [5.41, 5.74) is 2.33.